The van der Waals surface area contributed by atoms with Gasteiger partial charge in [0.25, 0.3) is 0 Å². The summed E-state index contributed by atoms with van der Waals surface area (Å²) < 4.78 is 11.2. The van der Waals surface area contributed by atoms with Crippen molar-refractivity contribution < 1.29 is 14.3 Å². The smallest absolute Gasteiger partial charge is 0.227 e. The van der Waals surface area contributed by atoms with Gasteiger partial charge in [-0.05, 0) is 42.4 Å². The second kappa shape index (κ2) is 6.15. The molecular weight excluding hydrogens is 302 g/mol. The molecule has 3 aliphatic rings. The first kappa shape index (κ1) is 15.6. The van der Waals surface area contributed by atoms with Gasteiger partial charge in [0, 0.05) is 25.1 Å². The van der Waals surface area contributed by atoms with Gasteiger partial charge < -0.3 is 14.4 Å². The predicted molar refractivity (Wildman–Crippen MR) is 91.3 cm³/mol. The van der Waals surface area contributed by atoms with E-state index in [0.717, 1.165) is 36.3 Å². The number of nitrogens with zero attached hydrogens (tertiary/aromatic N) is 1. The summed E-state index contributed by atoms with van der Waals surface area (Å²) in [5, 5.41) is 0. The largest absolute Gasteiger partial charge is 0.497 e. The van der Waals surface area contributed by atoms with Gasteiger partial charge in [-0.3, -0.25) is 4.79 Å². The summed E-state index contributed by atoms with van der Waals surface area (Å²) in [6, 6.07) is 8.23. The lowest BCUT2D eigenvalue weighted by Gasteiger charge is -2.40. The third-order valence-corrected chi connectivity index (χ3v) is 5.84. The highest BCUT2D eigenvalue weighted by Crippen LogP contribution is 2.50. The van der Waals surface area contributed by atoms with Crippen LogP contribution in [0.25, 0.3) is 0 Å². The number of carbonyl (C=O) groups is 1. The van der Waals surface area contributed by atoms with E-state index in [1.807, 2.05) is 35.4 Å². The van der Waals surface area contributed by atoms with Crippen LogP contribution in [-0.4, -0.2) is 24.0 Å². The zero-order chi connectivity index (χ0) is 16.6. The molecular formula is C20H25NO3. The van der Waals surface area contributed by atoms with E-state index in [9.17, 15) is 4.79 Å². The molecule has 24 heavy (non-hydrogen) atoms. The molecule has 2 heterocycles. The molecule has 2 fully saturated rings. The molecule has 0 bridgehead atoms. The molecule has 1 saturated carbocycles. The lowest BCUT2D eigenvalue weighted by Crippen LogP contribution is -2.45. The summed E-state index contributed by atoms with van der Waals surface area (Å²) in [6.07, 6.45) is 9.71. The van der Waals surface area contributed by atoms with Crippen LogP contribution in [0.15, 0.2) is 36.2 Å². The molecule has 0 unspecified atom stereocenters. The quantitative estimate of drug-likeness (QED) is 0.839. The zero-order valence-corrected chi connectivity index (χ0v) is 14.3. The van der Waals surface area contributed by atoms with Crippen molar-refractivity contribution in [3.8, 4) is 5.75 Å². The van der Waals surface area contributed by atoms with Crippen molar-refractivity contribution in [2.24, 2.45) is 5.41 Å². The molecule has 4 heteroatoms. The standard InChI is InChI=1S/C20H25NO3/c1-23-17-6-4-15(5-7-17)14-24-18-10-16-11-20(8-2-3-9-20)12-19(22)21(16)13-18/h4-7,13,16H,2-3,8-12,14H2,1H3/t16-/m0/s1. The minimum atomic E-state index is 0.288. The fourth-order valence-electron chi connectivity index (χ4n) is 4.57. The summed E-state index contributed by atoms with van der Waals surface area (Å²) >= 11 is 0. The molecule has 4 nitrogen and oxygen atoms in total. The minimum absolute atomic E-state index is 0.288. The lowest BCUT2D eigenvalue weighted by molar-refractivity contribution is -0.137. The number of carbonyl (C=O) groups excluding carboxylic acids is 1. The van der Waals surface area contributed by atoms with E-state index in [1.165, 1.54) is 25.7 Å². The fourth-order valence-corrected chi connectivity index (χ4v) is 4.57. The number of hydrogen-bond donors (Lipinski definition) is 0. The van der Waals surface area contributed by atoms with Crippen molar-refractivity contribution in [3.63, 3.8) is 0 Å². The number of hydrogen-bond acceptors (Lipinski definition) is 3. The van der Waals surface area contributed by atoms with Gasteiger partial charge in [0.1, 0.15) is 18.1 Å². The van der Waals surface area contributed by atoms with Crippen molar-refractivity contribution in [1.82, 2.24) is 4.90 Å². The van der Waals surface area contributed by atoms with Crippen molar-refractivity contribution in [3.05, 3.63) is 41.8 Å². The maximum absolute atomic E-state index is 12.5. The molecule has 2 aliphatic heterocycles. The Balaban J connectivity index is 1.38. The number of amides is 1. The first-order chi connectivity index (χ1) is 11.7. The third-order valence-electron chi connectivity index (χ3n) is 5.84. The third kappa shape index (κ3) is 2.90. The fraction of sp³-hybridized carbons (Fsp3) is 0.550. The molecule has 1 aliphatic carbocycles. The number of methoxy groups -OCH3 is 1. The predicted octanol–water partition coefficient (Wildman–Crippen LogP) is 4.01. The Bertz CT molecular complexity index is 643. The zero-order valence-electron chi connectivity index (χ0n) is 14.3. The summed E-state index contributed by atoms with van der Waals surface area (Å²) in [7, 11) is 1.67. The number of ether oxygens (including phenoxy) is 2. The highest BCUT2D eigenvalue weighted by molar-refractivity contribution is 5.80. The van der Waals surface area contributed by atoms with E-state index in [-0.39, 0.29) is 11.3 Å². The maximum Gasteiger partial charge on any atom is 0.227 e. The summed E-state index contributed by atoms with van der Waals surface area (Å²) in [5.41, 5.74) is 1.40. The van der Waals surface area contributed by atoms with Crippen LogP contribution in [0.3, 0.4) is 0 Å². The molecule has 1 atom stereocenters. The first-order valence-corrected chi connectivity index (χ1v) is 8.95. The monoisotopic (exact) mass is 327 g/mol. The van der Waals surface area contributed by atoms with E-state index in [2.05, 4.69) is 0 Å². The van der Waals surface area contributed by atoms with Crippen LogP contribution in [0.5, 0.6) is 5.75 Å². The average Bonchev–Trinajstić information content (AvgIpc) is 3.21. The van der Waals surface area contributed by atoms with Gasteiger partial charge in [-0.25, -0.2) is 0 Å². The molecule has 128 valence electrons. The van der Waals surface area contributed by atoms with Gasteiger partial charge >= 0.3 is 0 Å². The van der Waals surface area contributed by atoms with Gasteiger partial charge in [-0.1, -0.05) is 25.0 Å². The van der Waals surface area contributed by atoms with Crippen LogP contribution >= 0.6 is 0 Å². The van der Waals surface area contributed by atoms with Gasteiger partial charge in [-0.15, -0.1) is 0 Å². The van der Waals surface area contributed by atoms with Crippen LogP contribution in [0.4, 0.5) is 0 Å². The number of benzene rings is 1. The summed E-state index contributed by atoms with van der Waals surface area (Å²) in [5.74, 6) is 2.08. The maximum atomic E-state index is 12.5. The summed E-state index contributed by atoms with van der Waals surface area (Å²) in [4.78, 5) is 14.5. The van der Waals surface area contributed by atoms with Gasteiger partial charge in [-0.2, -0.15) is 0 Å². The van der Waals surface area contributed by atoms with E-state index in [0.29, 0.717) is 12.6 Å². The topological polar surface area (TPSA) is 38.8 Å². The second-order valence-electron chi connectivity index (χ2n) is 7.48. The highest BCUT2D eigenvalue weighted by atomic mass is 16.5. The molecule has 0 N–H and O–H groups in total. The van der Waals surface area contributed by atoms with Gasteiger partial charge in [0.05, 0.1) is 7.11 Å². The van der Waals surface area contributed by atoms with Crippen LogP contribution in [0.2, 0.25) is 0 Å². The number of fused-ring (bicyclic) bond motifs is 1. The van der Waals surface area contributed by atoms with Crippen molar-refractivity contribution in [2.75, 3.05) is 7.11 Å². The SMILES string of the molecule is COc1ccc(COC2=CN3C(=O)CC4(CCCC4)C[C@@H]3C2)cc1. The van der Waals surface area contributed by atoms with Crippen LogP contribution in [-0.2, 0) is 16.1 Å². The van der Waals surface area contributed by atoms with E-state index < -0.39 is 0 Å². The van der Waals surface area contributed by atoms with Crippen LogP contribution in [0.1, 0.15) is 50.5 Å². The normalized spacial score (nSPS) is 24.9. The molecule has 1 amide bonds. The van der Waals surface area contributed by atoms with Gasteiger partial charge in [0.2, 0.25) is 5.91 Å². The molecule has 0 aromatic heterocycles. The Labute approximate surface area is 143 Å². The Morgan fingerprint density at radius 3 is 2.67 bits per heavy atom. The Hall–Kier alpha value is -1.97. The van der Waals surface area contributed by atoms with Crippen molar-refractivity contribution >= 4 is 5.91 Å². The van der Waals surface area contributed by atoms with Crippen LogP contribution < -0.4 is 4.74 Å². The Morgan fingerprint density at radius 2 is 1.96 bits per heavy atom. The first-order valence-electron chi connectivity index (χ1n) is 8.95. The van der Waals surface area contributed by atoms with Gasteiger partial charge in [0.15, 0.2) is 0 Å². The molecule has 1 aromatic rings. The van der Waals surface area contributed by atoms with E-state index >= 15 is 0 Å². The van der Waals surface area contributed by atoms with Crippen LogP contribution in [0, 0.1) is 5.41 Å². The number of piperidine rings is 1. The lowest BCUT2D eigenvalue weighted by atomic mass is 9.73. The molecule has 1 aromatic carbocycles. The Morgan fingerprint density at radius 1 is 1.21 bits per heavy atom. The molecule has 1 saturated heterocycles. The van der Waals surface area contributed by atoms with Crippen molar-refractivity contribution in [1.29, 1.82) is 0 Å². The Kier molecular flexibility index (Phi) is 3.99. The second-order valence-corrected chi connectivity index (χ2v) is 7.48. The van der Waals surface area contributed by atoms with E-state index in [1.54, 1.807) is 7.11 Å². The average molecular weight is 327 g/mol. The highest BCUT2D eigenvalue weighted by Gasteiger charge is 2.47. The van der Waals surface area contributed by atoms with Crippen molar-refractivity contribution in [2.45, 2.75) is 57.6 Å². The summed E-state index contributed by atoms with van der Waals surface area (Å²) in [6.45, 7) is 0.537. The number of rotatable bonds is 4. The molecule has 4 rings (SSSR count). The molecule has 1 spiro atoms. The minimum Gasteiger partial charge on any atom is -0.497 e. The molecule has 0 radical (unpaired) electrons. The van der Waals surface area contributed by atoms with E-state index in [4.69, 9.17) is 9.47 Å².